The molecule has 2 amide bonds. The van der Waals surface area contributed by atoms with E-state index in [4.69, 9.17) is 16.7 Å². The van der Waals surface area contributed by atoms with E-state index in [1.165, 1.54) is 0 Å². The number of aliphatic hydroxyl groups is 1. The summed E-state index contributed by atoms with van der Waals surface area (Å²) in [5.74, 6) is -0.235. The summed E-state index contributed by atoms with van der Waals surface area (Å²) in [5, 5.41) is 15.2. The Bertz CT molecular complexity index is 491. The Morgan fingerprint density at radius 3 is 2.45 bits per heavy atom. The van der Waals surface area contributed by atoms with Crippen LogP contribution in [0, 0.1) is 5.92 Å². The molecule has 122 valence electrons. The number of halogens is 1. The van der Waals surface area contributed by atoms with Crippen LogP contribution in [0.3, 0.4) is 0 Å². The molecule has 0 aromatic heterocycles. The summed E-state index contributed by atoms with van der Waals surface area (Å²) in [5.41, 5.74) is 0.541. The number of carbonyl (C=O) groups is 2. The summed E-state index contributed by atoms with van der Waals surface area (Å²) in [6.45, 7) is 4.20. The first-order valence-electron chi connectivity index (χ1n) is 7.38. The normalized spacial score (nSPS) is 13.3. The van der Waals surface area contributed by atoms with Crippen molar-refractivity contribution in [2.75, 3.05) is 13.2 Å². The molecule has 1 aromatic carbocycles. The highest BCUT2D eigenvalue weighted by Crippen LogP contribution is 2.09. The summed E-state index contributed by atoms with van der Waals surface area (Å²) in [6.07, 6.45) is 0.898. The number of hydrogen-bond acceptors (Lipinski definition) is 3. The van der Waals surface area contributed by atoms with Gasteiger partial charge in [0.2, 0.25) is 5.91 Å². The Balaban J connectivity index is 2.23. The third-order valence-electron chi connectivity index (χ3n) is 3.50. The highest BCUT2D eigenvalue weighted by atomic mass is 35.5. The molecule has 1 aromatic rings. The van der Waals surface area contributed by atoms with Crippen molar-refractivity contribution in [2.45, 2.75) is 32.7 Å². The van der Waals surface area contributed by atoms with Crippen molar-refractivity contribution < 1.29 is 14.7 Å². The van der Waals surface area contributed by atoms with Crippen LogP contribution in [0.4, 0.5) is 0 Å². The fourth-order valence-electron chi connectivity index (χ4n) is 1.78. The lowest BCUT2D eigenvalue weighted by Gasteiger charge is -2.19. The molecule has 1 rings (SSSR count). The van der Waals surface area contributed by atoms with Gasteiger partial charge >= 0.3 is 0 Å². The molecule has 6 heteroatoms. The number of amides is 2. The van der Waals surface area contributed by atoms with Gasteiger partial charge in [0.25, 0.3) is 5.91 Å². The highest BCUT2D eigenvalue weighted by Gasteiger charge is 2.13. The van der Waals surface area contributed by atoms with Crippen LogP contribution in [0.2, 0.25) is 5.02 Å². The quantitative estimate of drug-likeness (QED) is 0.639. The number of carbonyl (C=O) groups excluding carboxylic acids is 2. The van der Waals surface area contributed by atoms with Crippen LogP contribution in [0.1, 0.15) is 37.0 Å². The van der Waals surface area contributed by atoms with Crippen molar-refractivity contribution >= 4 is 23.4 Å². The molecule has 0 aliphatic heterocycles. The number of hydrogen-bond donors (Lipinski definition) is 3. The molecule has 0 saturated heterocycles. The van der Waals surface area contributed by atoms with E-state index in [-0.39, 0.29) is 30.4 Å². The van der Waals surface area contributed by atoms with Crippen molar-refractivity contribution in [1.29, 1.82) is 0 Å². The first kappa shape index (κ1) is 18.5. The minimum atomic E-state index is -0.181. The topological polar surface area (TPSA) is 78.4 Å². The predicted molar refractivity (Wildman–Crippen MR) is 86.9 cm³/mol. The Kier molecular flexibility index (Phi) is 7.91. The summed E-state index contributed by atoms with van der Waals surface area (Å²) in [6, 6.07) is 6.56. The van der Waals surface area contributed by atoms with Crippen molar-refractivity contribution in [3.8, 4) is 0 Å². The Morgan fingerprint density at radius 2 is 1.86 bits per heavy atom. The van der Waals surface area contributed by atoms with Gasteiger partial charge in [0.1, 0.15) is 0 Å². The zero-order valence-corrected chi connectivity index (χ0v) is 13.7. The Morgan fingerprint density at radius 1 is 1.23 bits per heavy atom. The average Bonchev–Trinajstić information content (AvgIpc) is 2.51. The fraction of sp³-hybridized carbons (Fsp3) is 0.500. The zero-order valence-electron chi connectivity index (χ0n) is 12.9. The van der Waals surface area contributed by atoms with Gasteiger partial charge in [0.15, 0.2) is 0 Å². The lowest BCUT2D eigenvalue weighted by Crippen LogP contribution is -2.38. The summed E-state index contributed by atoms with van der Waals surface area (Å²) in [4.78, 5) is 23.5. The third-order valence-corrected chi connectivity index (χ3v) is 3.75. The van der Waals surface area contributed by atoms with Gasteiger partial charge in [-0.1, -0.05) is 18.5 Å². The molecule has 2 atom stereocenters. The maximum Gasteiger partial charge on any atom is 0.251 e. The second kappa shape index (κ2) is 9.43. The van der Waals surface area contributed by atoms with E-state index < -0.39 is 0 Å². The molecule has 0 fully saturated rings. The van der Waals surface area contributed by atoms with Gasteiger partial charge in [0, 0.05) is 36.2 Å². The SMILES string of the molecule is CC(CO)C(C)NC(=O)CCCNC(=O)c1ccc(Cl)cc1. The van der Waals surface area contributed by atoms with Gasteiger partial charge in [0.05, 0.1) is 0 Å². The Labute approximate surface area is 136 Å². The smallest absolute Gasteiger partial charge is 0.251 e. The van der Waals surface area contributed by atoms with E-state index in [0.717, 1.165) is 0 Å². The summed E-state index contributed by atoms with van der Waals surface area (Å²) in [7, 11) is 0. The first-order chi connectivity index (χ1) is 10.4. The molecule has 0 bridgehead atoms. The van der Waals surface area contributed by atoms with Crippen molar-refractivity contribution in [3.63, 3.8) is 0 Å². The molecular formula is C16H23ClN2O3. The van der Waals surface area contributed by atoms with Crippen LogP contribution in [-0.2, 0) is 4.79 Å². The summed E-state index contributed by atoms with van der Waals surface area (Å²) >= 11 is 5.76. The van der Waals surface area contributed by atoms with Crippen LogP contribution in [0.15, 0.2) is 24.3 Å². The van der Waals surface area contributed by atoms with Gasteiger partial charge in [-0.2, -0.15) is 0 Å². The maximum absolute atomic E-state index is 11.8. The maximum atomic E-state index is 11.8. The van der Waals surface area contributed by atoms with Crippen molar-refractivity contribution in [2.24, 2.45) is 5.92 Å². The molecule has 2 unspecified atom stereocenters. The van der Waals surface area contributed by atoms with Gasteiger partial charge in [-0.05, 0) is 43.5 Å². The number of benzene rings is 1. The molecule has 0 spiro atoms. The van der Waals surface area contributed by atoms with Gasteiger partial charge in [-0.25, -0.2) is 0 Å². The average molecular weight is 327 g/mol. The minimum absolute atomic E-state index is 0.0218. The second-order valence-corrected chi connectivity index (χ2v) is 5.82. The second-order valence-electron chi connectivity index (χ2n) is 5.38. The largest absolute Gasteiger partial charge is 0.396 e. The van der Waals surface area contributed by atoms with E-state index in [1.54, 1.807) is 24.3 Å². The number of rotatable bonds is 8. The molecule has 0 heterocycles. The standard InChI is InChI=1S/C16H23ClN2O3/c1-11(10-20)12(2)19-15(21)4-3-9-18-16(22)13-5-7-14(17)8-6-13/h5-8,11-12,20H,3-4,9-10H2,1-2H3,(H,18,22)(H,19,21). The zero-order chi connectivity index (χ0) is 16.5. The summed E-state index contributed by atoms with van der Waals surface area (Å²) < 4.78 is 0. The van der Waals surface area contributed by atoms with Gasteiger partial charge in [-0.15, -0.1) is 0 Å². The van der Waals surface area contributed by atoms with Crippen LogP contribution < -0.4 is 10.6 Å². The predicted octanol–water partition coefficient (Wildman–Crippen LogP) is 1.98. The molecule has 0 aliphatic rings. The van der Waals surface area contributed by atoms with Crippen LogP contribution in [0.5, 0.6) is 0 Å². The van der Waals surface area contributed by atoms with E-state index in [0.29, 0.717) is 30.0 Å². The monoisotopic (exact) mass is 326 g/mol. The molecule has 0 radical (unpaired) electrons. The molecule has 5 nitrogen and oxygen atoms in total. The van der Waals surface area contributed by atoms with E-state index in [9.17, 15) is 9.59 Å². The number of nitrogens with one attached hydrogen (secondary N) is 2. The molecule has 22 heavy (non-hydrogen) atoms. The van der Waals surface area contributed by atoms with Gasteiger partial charge < -0.3 is 15.7 Å². The minimum Gasteiger partial charge on any atom is -0.396 e. The molecule has 3 N–H and O–H groups in total. The highest BCUT2D eigenvalue weighted by molar-refractivity contribution is 6.30. The molecule has 0 saturated carbocycles. The van der Waals surface area contributed by atoms with Crippen LogP contribution in [0.25, 0.3) is 0 Å². The number of aliphatic hydroxyl groups excluding tert-OH is 1. The van der Waals surface area contributed by atoms with E-state index in [1.807, 2.05) is 13.8 Å². The van der Waals surface area contributed by atoms with E-state index >= 15 is 0 Å². The molecule has 0 aliphatic carbocycles. The fourth-order valence-corrected chi connectivity index (χ4v) is 1.91. The Hall–Kier alpha value is -1.59. The third kappa shape index (κ3) is 6.45. The van der Waals surface area contributed by atoms with Crippen molar-refractivity contribution in [3.05, 3.63) is 34.9 Å². The van der Waals surface area contributed by atoms with Crippen molar-refractivity contribution in [1.82, 2.24) is 10.6 Å². The molecular weight excluding hydrogens is 304 g/mol. The van der Waals surface area contributed by atoms with E-state index in [2.05, 4.69) is 10.6 Å². The first-order valence-corrected chi connectivity index (χ1v) is 7.75. The van der Waals surface area contributed by atoms with Crippen LogP contribution in [-0.4, -0.2) is 36.1 Å². The lowest BCUT2D eigenvalue weighted by molar-refractivity contribution is -0.122. The lowest BCUT2D eigenvalue weighted by atomic mass is 10.1. The van der Waals surface area contributed by atoms with Gasteiger partial charge in [-0.3, -0.25) is 9.59 Å². The van der Waals surface area contributed by atoms with Crippen LogP contribution >= 0.6 is 11.6 Å².